The Kier molecular flexibility index (Phi) is 3.11. The van der Waals surface area contributed by atoms with Crippen LogP contribution in [0.2, 0.25) is 0 Å². The SMILES string of the molecule is CCc1ccc(-c2ccc(Br)nc2)nc1. The molecule has 2 aromatic heterocycles. The van der Waals surface area contributed by atoms with Gasteiger partial charge >= 0.3 is 0 Å². The van der Waals surface area contributed by atoms with Gasteiger partial charge in [-0.1, -0.05) is 13.0 Å². The fraction of sp³-hybridized carbons (Fsp3) is 0.167. The Morgan fingerprint density at radius 3 is 2.47 bits per heavy atom. The lowest BCUT2D eigenvalue weighted by atomic mass is 10.1. The highest BCUT2D eigenvalue weighted by atomic mass is 79.9. The van der Waals surface area contributed by atoms with Crippen molar-refractivity contribution in [1.82, 2.24) is 9.97 Å². The Morgan fingerprint density at radius 2 is 1.93 bits per heavy atom. The molecule has 0 N–H and O–H groups in total. The van der Waals surface area contributed by atoms with Gasteiger partial charge in [-0.15, -0.1) is 0 Å². The van der Waals surface area contributed by atoms with Gasteiger partial charge in [0.15, 0.2) is 0 Å². The van der Waals surface area contributed by atoms with Crippen LogP contribution in [0.5, 0.6) is 0 Å². The van der Waals surface area contributed by atoms with Gasteiger partial charge < -0.3 is 0 Å². The molecule has 0 unspecified atom stereocenters. The highest BCUT2D eigenvalue weighted by Crippen LogP contribution is 2.17. The monoisotopic (exact) mass is 262 g/mol. The van der Waals surface area contributed by atoms with Gasteiger partial charge in [0.2, 0.25) is 0 Å². The molecule has 0 aliphatic heterocycles. The van der Waals surface area contributed by atoms with Crippen LogP contribution >= 0.6 is 15.9 Å². The van der Waals surface area contributed by atoms with Crippen LogP contribution in [0.25, 0.3) is 11.3 Å². The number of hydrogen-bond acceptors (Lipinski definition) is 2. The number of rotatable bonds is 2. The lowest BCUT2D eigenvalue weighted by Gasteiger charge is -2.01. The molecule has 0 fully saturated rings. The Morgan fingerprint density at radius 1 is 1.07 bits per heavy atom. The molecule has 3 heteroatoms. The second kappa shape index (κ2) is 4.53. The van der Waals surface area contributed by atoms with E-state index >= 15 is 0 Å². The van der Waals surface area contributed by atoms with Gasteiger partial charge in [-0.3, -0.25) is 4.98 Å². The van der Waals surface area contributed by atoms with Crippen LogP contribution in [0.15, 0.2) is 41.3 Å². The van der Waals surface area contributed by atoms with Crippen molar-refractivity contribution in [1.29, 1.82) is 0 Å². The van der Waals surface area contributed by atoms with Crippen molar-refractivity contribution < 1.29 is 0 Å². The minimum absolute atomic E-state index is 0.844. The van der Waals surface area contributed by atoms with Gasteiger partial charge in [-0.2, -0.15) is 0 Å². The highest BCUT2D eigenvalue weighted by Gasteiger charge is 1.99. The third kappa shape index (κ3) is 2.42. The Hall–Kier alpha value is -1.22. The summed E-state index contributed by atoms with van der Waals surface area (Å²) in [6.07, 6.45) is 4.75. The van der Waals surface area contributed by atoms with Gasteiger partial charge in [-0.05, 0) is 46.1 Å². The molecule has 2 nitrogen and oxygen atoms in total. The first kappa shape index (κ1) is 10.3. The number of aromatic nitrogens is 2. The fourth-order valence-electron chi connectivity index (χ4n) is 1.33. The molecule has 76 valence electrons. The van der Waals surface area contributed by atoms with Crippen molar-refractivity contribution in [3.05, 3.63) is 46.8 Å². The molecule has 2 aromatic rings. The molecule has 0 saturated heterocycles. The zero-order valence-electron chi connectivity index (χ0n) is 8.44. The van der Waals surface area contributed by atoms with E-state index in [4.69, 9.17) is 0 Å². The zero-order chi connectivity index (χ0) is 10.7. The molecule has 0 aliphatic rings. The average Bonchev–Trinajstić information content (AvgIpc) is 2.30. The largest absolute Gasteiger partial charge is 0.256 e. The summed E-state index contributed by atoms with van der Waals surface area (Å²) in [5.41, 5.74) is 3.26. The quantitative estimate of drug-likeness (QED) is 0.775. The Balaban J connectivity index is 2.33. The number of hydrogen-bond donors (Lipinski definition) is 0. The summed E-state index contributed by atoms with van der Waals surface area (Å²) >= 11 is 3.31. The van der Waals surface area contributed by atoms with Crippen LogP contribution in [0.4, 0.5) is 0 Å². The molecule has 0 saturated carbocycles. The lowest BCUT2D eigenvalue weighted by molar-refractivity contribution is 1.10. The van der Waals surface area contributed by atoms with Gasteiger partial charge in [-0.25, -0.2) is 4.98 Å². The first-order valence-corrected chi connectivity index (χ1v) is 5.65. The summed E-state index contributed by atoms with van der Waals surface area (Å²) in [7, 11) is 0. The van der Waals surface area contributed by atoms with Crippen LogP contribution in [0.3, 0.4) is 0 Å². The van der Waals surface area contributed by atoms with Gasteiger partial charge in [0.05, 0.1) is 5.69 Å². The molecule has 0 radical (unpaired) electrons. The van der Waals surface area contributed by atoms with E-state index in [0.717, 1.165) is 22.3 Å². The molecule has 0 amide bonds. The molecule has 0 spiro atoms. The fourth-order valence-corrected chi connectivity index (χ4v) is 1.57. The molecule has 0 bridgehead atoms. The summed E-state index contributed by atoms with van der Waals surface area (Å²) in [6.45, 7) is 2.12. The summed E-state index contributed by atoms with van der Waals surface area (Å²) in [5, 5.41) is 0. The Bertz CT molecular complexity index is 434. The van der Waals surface area contributed by atoms with Crippen molar-refractivity contribution >= 4 is 15.9 Å². The molecule has 0 atom stereocenters. The van der Waals surface area contributed by atoms with Crippen LogP contribution in [-0.4, -0.2) is 9.97 Å². The first-order valence-electron chi connectivity index (χ1n) is 4.86. The minimum atomic E-state index is 0.844. The molecule has 15 heavy (non-hydrogen) atoms. The zero-order valence-corrected chi connectivity index (χ0v) is 10.0. The van der Waals surface area contributed by atoms with Gasteiger partial charge in [0.25, 0.3) is 0 Å². The smallest absolute Gasteiger partial charge is 0.106 e. The van der Waals surface area contributed by atoms with E-state index in [1.54, 1.807) is 0 Å². The Labute approximate surface area is 97.5 Å². The summed E-state index contributed by atoms with van der Waals surface area (Å²) in [4.78, 5) is 8.57. The highest BCUT2D eigenvalue weighted by molar-refractivity contribution is 9.10. The molecular formula is C12H11BrN2. The number of nitrogens with zero attached hydrogens (tertiary/aromatic N) is 2. The van der Waals surface area contributed by atoms with Crippen LogP contribution in [0, 0.1) is 0 Å². The van der Waals surface area contributed by atoms with E-state index in [1.807, 2.05) is 30.6 Å². The van der Waals surface area contributed by atoms with E-state index in [2.05, 4.69) is 38.9 Å². The van der Waals surface area contributed by atoms with Gasteiger partial charge in [0, 0.05) is 18.0 Å². The number of aryl methyl sites for hydroxylation is 1. The second-order valence-electron chi connectivity index (χ2n) is 3.27. The summed E-state index contributed by atoms with van der Waals surface area (Å²) in [5.74, 6) is 0. The number of pyridine rings is 2. The molecule has 0 aliphatic carbocycles. The first-order chi connectivity index (χ1) is 7.29. The lowest BCUT2D eigenvalue weighted by Crippen LogP contribution is -1.87. The number of halogens is 1. The van der Waals surface area contributed by atoms with Gasteiger partial charge in [0.1, 0.15) is 4.60 Å². The van der Waals surface area contributed by atoms with Crippen LogP contribution in [0.1, 0.15) is 12.5 Å². The van der Waals surface area contributed by atoms with E-state index in [1.165, 1.54) is 5.56 Å². The second-order valence-corrected chi connectivity index (χ2v) is 4.09. The summed E-state index contributed by atoms with van der Waals surface area (Å²) in [6, 6.07) is 8.06. The van der Waals surface area contributed by atoms with E-state index in [0.29, 0.717) is 0 Å². The predicted octanol–water partition coefficient (Wildman–Crippen LogP) is 3.47. The van der Waals surface area contributed by atoms with E-state index in [9.17, 15) is 0 Å². The standard InChI is InChI=1S/C12H11BrN2/c1-2-9-3-5-11(14-7-9)10-4-6-12(13)15-8-10/h3-8H,2H2,1H3. The van der Waals surface area contributed by atoms with Crippen molar-refractivity contribution in [2.75, 3.05) is 0 Å². The maximum atomic E-state index is 4.39. The maximum Gasteiger partial charge on any atom is 0.106 e. The van der Waals surface area contributed by atoms with Crippen molar-refractivity contribution in [3.8, 4) is 11.3 Å². The molecule has 2 rings (SSSR count). The van der Waals surface area contributed by atoms with Crippen LogP contribution in [-0.2, 0) is 6.42 Å². The minimum Gasteiger partial charge on any atom is -0.256 e. The molecular weight excluding hydrogens is 252 g/mol. The summed E-state index contributed by atoms with van der Waals surface area (Å²) < 4.78 is 0.844. The van der Waals surface area contributed by atoms with Crippen molar-refractivity contribution in [3.63, 3.8) is 0 Å². The topological polar surface area (TPSA) is 25.8 Å². The van der Waals surface area contributed by atoms with Crippen molar-refractivity contribution in [2.24, 2.45) is 0 Å². The third-order valence-corrected chi connectivity index (χ3v) is 2.73. The van der Waals surface area contributed by atoms with E-state index < -0.39 is 0 Å². The third-order valence-electron chi connectivity index (χ3n) is 2.26. The average molecular weight is 263 g/mol. The normalized spacial score (nSPS) is 10.3. The molecule has 2 heterocycles. The molecule has 0 aromatic carbocycles. The predicted molar refractivity (Wildman–Crippen MR) is 64.5 cm³/mol. The van der Waals surface area contributed by atoms with E-state index in [-0.39, 0.29) is 0 Å². The van der Waals surface area contributed by atoms with Crippen LogP contribution < -0.4 is 0 Å². The maximum absolute atomic E-state index is 4.39. The van der Waals surface area contributed by atoms with Crippen molar-refractivity contribution in [2.45, 2.75) is 13.3 Å².